The molecular weight excluding hydrogens is 262 g/mol. The number of nitrogens with one attached hydrogen (secondary N) is 2. The van der Waals surface area contributed by atoms with Gasteiger partial charge in [-0.05, 0) is 18.6 Å². The zero-order chi connectivity index (χ0) is 14.1. The minimum Gasteiger partial charge on any atom is -0.353 e. The third-order valence-corrected chi connectivity index (χ3v) is 3.78. The van der Waals surface area contributed by atoms with Crippen LogP contribution in [-0.4, -0.2) is 30.3 Å². The smallest absolute Gasteiger partial charge is 0.312 e. The van der Waals surface area contributed by atoms with Gasteiger partial charge in [0.15, 0.2) is 0 Å². The topological polar surface area (TPSA) is 84.2 Å². The summed E-state index contributed by atoms with van der Waals surface area (Å²) in [6.07, 6.45) is 0.745. The molecule has 0 aliphatic heterocycles. The highest BCUT2D eigenvalue weighted by atomic mass is 32.2. The molecule has 0 aromatic heterocycles. The molecule has 19 heavy (non-hydrogen) atoms. The SMILES string of the molecule is CCC(Sc1ccccc1)C(=O)NCCNC(N)=O. The summed E-state index contributed by atoms with van der Waals surface area (Å²) in [5.74, 6) is -0.0253. The molecule has 0 spiro atoms. The Morgan fingerprint density at radius 1 is 1.21 bits per heavy atom. The molecule has 0 heterocycles. The molecule has 4 N–H and O–H groups in total. The fourth-order valence-corrected chi connectivity index (χ4v) is 2.47. The van der Waals surface area contributed by atoms with Gasteiger partial charge in [0.1, 0.15) is 0 Å². The van der Waals surface area contributed by atoms with Crippen LogP contribution in [0.2, 0.25) is 0 Å². The summed E-state index contributed by atoms with van der Waals surface area (Å²) in [4.78, 5) is 23.5. The first kappa shape index (κ1) is 15.4. The highest BCUT2D eigenvalue weighted by Crippen LogP contribution is 2.24. The molecule has 0 saturated heterocycles. The highest BCUT2D eigenvalue weighted by molar-refractivity contribution is 8.00. The van der Waals surface area contributed by atoms with Crippen molar-refractivity contribution in [1.29, 1.82) is 0 Å². The molecule has 5 nitrogen and oxygen atoms in total. The molecule has 1 aromatic rings. The molecule has 1 unspecified atom stereocenters. The van der Waals surface area contributed by atoms with Crippen LogP contribution in [0.15, 0.2) is 35.2 Å². The fourth-order valence-electron chi connectivity index (χ4n) is 1.47. The standard InChI is InChI=1S/C13H19N3O2S/c1-2-11(19-10-6-4-3-5-7-10)12(17)15-8-9-16-13(14)18/h3-7,11H,2,8-9H2,1H3,(H,15,17)(H3,14,16,18). The number of amides is 3. The van der Waals surface area contributed by atoms with Crippen molar-refractivity contribution in [2.75, 3.05) is 13.1 Å². The summed E-state index contributed by atoms with van der Waals surface area (Å²) in [6, 6.07) is 9.22. The Kier molecular flexibility index (Phi) is 6.81. The molecule has 3 amide bonds. The van der Waals surface area contributed by atoms with E-state index >= 15 is 0 Å². The Labute approximate surface area is 117 Å². The lowest BCUT2D eigenvalue weighted by Crippen LogP contribution is -2.40. The van der Waals surface area contributed by atoms with Crippen LogP contribution >= 0.6 is 11.8 Å². The molecule has 104 valence electrons. The minimum absolute atomic E-state index is 0.0253. The van der Waals surface area contributed by atoms with Crippen molar-refractivity contribution in [1.82, 2.24) is 10.6 Å². The average Bonchev–Trinajstić information content (AvgIpc) is 2.41. The molecule has 0 bridgehead atoms. The minimum atomic E-state index is -0.583. The van der Waals surface area contributed by atoms with E-state index in [1.54, 1.807) is 0 Å². The van der Waals surface area contributed by atoms with Crippen LogP contribution in [0.5, 0.6) is 0 Å². The van der Waals surface area contributed by atoms with E-state index in [4.69, 9.17) is 5.73 Å². The Hall–Kier alpha value is -1.69. The van der Waals surface area contributed by atoms with E-state index in [9.17, 15) is 9.59 Å². The van der Waals surface area contributed by atoms with Crippen LogP contribution in [0, 0.1) is 0 Å². The summed E-state index contributed by atoms with van der Waals surface area (Å²) in [5.41, 5.74) is 4.93. The number of carbonyl (C=O) groups excluding carboxylic acids is 2. The fraction of sp³-hybridized carbons (Fsp3) is 0.385. The van der Waals surface area contributed by atoms with E-state index in [2.05, 4.69) is 10.6 Å². The second-order valence-corrected chi connectivity index (χ2v) is 5.19. The van der Waals surface area contributed by atoms with Gasteiger partial charge in [0.05, 0.1) is 5.25 Å². The predicted molar refractivity (Wildman–Crippen MR) is 77.0 cm³/mol. The van der Waals surface area contributed by atoms with E-state index in [0.29, 0.717) is 13.1 Å². The first-order chi connectivity index (χ1) is 9.13. The Balaban J connectivity index is 2.37. The molecule has 0 aliphatic carbocycles. The maximum atomic E-state index is 11.9. The van der Waals surface area contributed by atoms with E-state index in [0.717, 1.165) is 11.3 Å². The highest BCUT2D eigenvalue weighted by Gasteiger charge is 2.17. The number of benzene rings is 1. The van der Waals surface area contributed by atoms with Crippen LogP contribution in [0.25, 0.3) is 0 Å². The molecular formula is C13H19N3O2S. The van der Waals surface area contributed by atoms with Gasteiger partial charge in [-0.15, -0.1) is 11.8 Å². The number of nitrogens with two attached hydrogens (primary N) is 1. The Morgan fingerprint density at radius 2 is 1.84 bits per heavy atom. The second-order valence-electron chi connectivity index (χ2n) is 3.91. The average molecular weight is 281 g/mol. The molecule has 0 aliphatic rings. The third-order valence-electron chi connectivity index (χ3n) is 2.41. The Morgan fingerprint density at radius 3 is 2.42 bits per heavy atom. The van der Waals surface area contributed by atoms with Crippen molar-refractivity contribution in [3.05, 3.63) is 30.3 Å². The molecule has 1 aromatic carbocycles. The van der Waals surface area contributed by atoms with Crippen LogP contribution in [-0.2, 0) is 4.79 Å². The molecule has 0 radical (unpaired) electrons. The molecule has 6 heteroatoms. The van der Waals surface area contributed by atoms with Gasteiger partial charge in [0.2, 0.25) is 5.91 Å². The number of hydrogen-bond donors (Lipinski definition) is 3. The quantitative estimate of drug-likeness (QED) is 0.521. The molecule has 0 fully saturated rings. The number of carbonyl (C=O) groups is 2. The van der Waals surface area contributed by atoms with E-state index in [-0.39, 0.29) is 11.2 Å². The lowest BCUT2D eigenvalue weighted by atomic mass is 10.3. The second kappa shape index (κ2) is 8.42. The van der Waals surface area contributed by atoms with Crippen molar-refractivity contribution in [2.45, 2.75) is 23.5 Å². The largest absolute Gasteiger partial charge is 0.353 e. The van der Waals surface area contributed by atoms with Gasteiger partial charge < -0.3 is 16.4 Å². The normalized spacial score (nSPS) is 11.6. The molecule has 0 saturated carbocycles. The van der Waals surface area contributed by atoms with Crippen molar-refractivity contribution in [2.24, 2.45) is 5.73 Å². The van der Waals surface area contributed by atoms with Crippen LogP contribution < -0.4 is 16.4 Å². The van der Waals surface area contributed by atoms with Gasteiger partial charge in [-0.2, -0.15) is 0 Å². The van der Waals surface area contributed by atoms with Crippen LogP contribution in [0.3, 0.4) is 0 Å². The van der Waals surface area contributed by atoms with Gasteiger partial charge >= 0.3 is 6.03 Å². The molecule has 1 atom stereocenters. The van der Waals surface area contributed by atoms with Gasteiger partial charge in [0.25, 0.3) is 0 Å². The summed E-state index contributed by atoms with van der Waals surface area (Å²) in [5, 5.41) is 5.08. The van der Waals surface area contributed by atoms with Crippen molar-refractivity contribution in [3.63, 3.8) is 0 Å². The zero-order valence-electron chi connectivity index (χ0n) is 10.9. The summed E-state index contributed by atoms with van der Waals surface area (Å²) < 4.78 is 0. The van der Waals surface area contributed by atoms with E-state index in [1.807, 2.05) is 37.3 Å². The van der Waals surface area contributed by atoms with Crippen molar-refractivity contribution in [3.8, 4) is 0 Å². The number of thioether (sulfide) groups is 1. The summed E-state index contributed by atoms with van der Waals surface area (Å²) in [6.45, 7) is 2.70. The van der Waals surface area contributed by atoms with Crippen molar-refractivity contribution < 1.29 is 9.59 Å². The lowest BCUT2D eigenvalue weighted by Gasteiger charge is -2.14. The van der Waals surface area contributed by atoms with E-state index < -0.39 is 6.03 Å². The maximum absolute atomic E-state index is 11.9. The Bertz CT molecular complexity index is 412. The van der Waals surface area contributed by atoms with Crippen molar-refractivity contribution >= 4 is 23.7 Å². The van der Waals surface area contributed by atoms with Gasteiger partial charge in [-0.3, -0.25) is 4.79 Å². The third kappa shape index (κ3) is 6.15. The first-order valence-corrected chi connectivity index (χ1v) is 7.04. The summed E-state index contributed by atoms with van der Waals surface area (Å²) in [7, 11) is 0. The maximum Gasteiger partial charge on any atom is 0.312 e. The number of hydrogen-bond acceptors (Lipinski definition) is 3. The summed E-state index contributed by atoms with van der Waals surface area (Å²) >= 11 is 1.54. The zero-order valence-corrected chi connectivity index (χ0v) is 11.7. The van der Waals surface area contributed by atoms with Crippen LogP contribution in [0.4, 0.5) is 4.79 Å². The van der Waals surface area contributed by atoms with Crippen LogP contribution in [0.1, 0.15) is 13.3 Å². The van der Waals surface area contributed by atoms with E-state index in [1.165, 1.54) is 11.8 Å². The number of rotatable bonds is 7. The van der Waals surface area contributed by atoms with Gasteiger partial charge in [-0.1, -0.05) is 25.1 Å². The van der Waals surface area contributed by atoms with Gasteiger partial charge in [0, 0.05) is 18.0 Å². The number of primary amides is 1. The van der Waals surface area contributed by atoms with Gasteiger partial charge in [-0.25, -0.2) is 4.79 Å². The predicted octanol–water partition coefficient (Wildman–Crippen LogP) is 1.34. The lowest BCUT2D eigenvalue weighted by molar-refractivity contribution is -0.120. The first-order valence-electron chi connectivity index (χ1n) is 6.16. The number of urea groups is 1. The monoisotopic (exact) mass is 281 g/mol. The molecule has 1 rings (SSSR count).